The van der Waals surface area contributed by atoms with Crippen LogP contribution >= 0.6 is 0 Å². The average molecular weight is 375 g/mol. The van der Waals surface area contributed by atoms with Crippen molar-refractivity contribution in [3.63, 3.8) is 0 Å². The molecule has 1 amide bonds. The second-order valence-corrected chi connectivity index (χ2v) is 7.35. The third-order valence-electron chi connectivity index (χ3n) is 5.42. The number of fused-ring (bicyclic) bond motifs is 1. The van der Waals surface area contributed by atoms with Gasteiger partial charge in [0.2, 0.25) is 0 Å². The summed E-state index contributed by atoms with van der Waals surface area (Å²) >= 11 is 0. The molecule has 0 radical (unpaired) electrons. The van der Waals surface area contributed by atoms with Crippen LogP contribution in [0.2, 0.25) is 0 Å². The predicted molar refractivity (Wildman–Crippen MR) is 105 cm³/mol. The number of nitrogens with one attached hydrogen (secondary N) is 1. The van der Waals surface area contributed by atoms with Crippen LogP contribution in [0.15, 0.2) is 53.9 Å². The molecule has 0 aliphatic heterocycles. The van der Waals surface area contributed by atoms with Crippen LogP contribution < -0.4 is 5.32 Å². The summed E-state index contributed by atoms with van der Waals surface area (Å²) in [6.07, 6.45) is 13.2. The lowest BCUT2D eigenvalue weighted by Crippen LogP contribution is -2.32. The van der Waals surface area contributed by atoms with Gasteiger partial charge in [0.05, 0.1) is 17.5 Å². The maximum Gasteiger partial charge on any atom is 0.253 e. The number of oxazole rings is 1. The van der Waals surface area contributed by atoms with Crippen LogP contribution in [0.5, 0.6) is 0 Å². The van der Waals surface area contributed by atoms with E-state index in [0.29, 0.717) is 11.3 Å². The molecule has 0 aromatic carbocycles. The van der Waals surface area contributed by atoms with E-state index >= 15 is 0 Å². The van der Waals surface area contributed by atoms with Gasteiger partial charge in [-0.25, -0.2) is 4.98 Å². The molecule has 0 spiro atoms. The van der Waals surface area contributed by atoms with E-state index in [9.17, 15) is 4.79 Å². The van der Waals surface area contributed by atoms with Crippen molar-refractivity contribution in [3.8, 4) is 22.5 Å². The zero-order valence-electron chi connectivity index (χ0n) is 15.6. The zero-order chi connectivity index (χ0) is 19.1. The normalized spacial score (nSPS) is 14.8. The fourth-order valence-corrected chi connectivity index (χ4v) is 4.01. The summed E-state index contributed by atoms with van der Waals surface area (Å²) in [5, 5.41) is 7.44. The Balaban J connectivity index is 1.63. The van der Waals surface area contributed by atoms with Crippen molar-refractivity contribution >= 4 is 11.4 Å². The monoisotopic (exact) mass is 375 g/mol. The van der Waals surface area contributed by atoms with Crippen molar-refractivity contribution in [2.75, 3.05) is 0 Å². The molecule has 4 heterocycles. The minimum absolute atomic E-state index is 0.0588. The summed E-state index contributed by atoms with van der Waals surface area (Å²) in [7, 11) is 1.89. The molecule has 5 rings (SSSR count). The lowest BCUT2D eigenvalue weighted by Gasteiger charge is -2.12. The third-order valence-corrected chi connectivity index (χ3v) is 5.42. The molecule has 0 saturated heterocycles. The second kappa shape index (κ2) is 6.67. The van der Waals surface area contributed by atoms with Gasteiger partial charge in [0, 0.05) is 42.1 Å². The highest BCUT2D eigenvalue weighted by molar-refractivity contribution is 6.02. The van der Waals surface area contributed by atoms with Crippen LogP contribution in [0.4, 0.5) is 0 Å². The van der Waals surface area contributed by atoms with Gasteiger partial charge in [0.15, 0.2) is 6.39 Å². The number of nitrogens with zero attached hydrogens (tertiary/aromatic N) is 4. The summed E-state index contributed by atoms with van der Waals surface area (Å²) in [5.41, 5.74) is 4.96. The quantitative estimate of drug-likeness (QED) is 0.590. The van der Waals surface area contributed by atoms with E-state index in [-0.39, 0.29) is 11.9 Å². The van der Waals surface area contributed by atoms with Gasteiger partial charge in [-0.3, -0.25) is 9.48 Å². The SMILES string of the molecule is Cn1cc(-c2ccc3cc(C(=O)NC4CCCC4)c(-c4cocn4)n3c2)cn1. The molecule has 1 aliphatic carbocycles. The number of carbonyl (C=O) groups is 1. The smallest absolute Gasteiger partial charge is 0.253 e. The summed E-state index contributed by atoms with van der Waals surface area (Å²) in [5.74, 6) is -0.0588. The maximum absolute atomic E-state index is 13.0. The molecule has 7 nitrogen and oxygen atoms in total. The minimum Gasteiger partial charge on any atom is -0.451 e. The Morgan fingerprint density at radius 3 is 2.79 bits per heavy atom. The van der Waals surface area contributed by atoms with E-state index in [0.717, 1.165) is 35.2 Å². The molecule has 28 heavy (non-hydrogen) atoms. The van der Waals surface area contributed by atoms with Gasteiger partial charge in [0.1, 0.15) is 12.0 Å². The number of rotatable bonds is 4. The number of amides is 1. The van der Waals surface area contributed by atoms with E-state index in [1.54, 1.807) is 10.9 Å². The van der Waals surface area contributed by atoms with Crippen LogP contribution in [0.1, 0.15) is 36.0 Å². The summed E-state index contributed by atoms with van der Waals surface area (Å²) in [6.45, 7) is 0. The Labute approximate surface area is 162 Å². The molecular weight excluding hydrogens is 354 g/mol. The number of aromatic nitrogens is 4. The van der Waals surface area contributed by atoms with Crippen molar-refractivity contribution in [1.82, 2.24) is 24.5 Å². The van der Waals surface area contributed by atoms with Gasteiger partial charge >= 0.3 is 0 Å². The van der Waals surface area contributed by atoms with Crippen LogP contribution in [0.3, 0.4) is 0 Å². The minimum atomic E-state index is -0.0588. The molecule has 142 valence electrons. The lowest BCUT2D eigenvalue weighted by molar-refractivity contribution is 0.0938. The fraction of sp³-hybridized carbons (Fsp3) is 0.286. The van der Waals surface area contributed by atoms with Crippen LogP contribution in [-0.2, 0) is 7.05 Å². The number of hydrogen-bond donors (Lipinski definition) is 1. The first kappa shape index (κ1) is 16.8. The Kier molecular flexibility index (Phi) is 4.00. The molecule has 0 unspecified atom stereocenters. The standard InChI is InChI=1S/C21H21N5O2/c1-25-10-15(9-23-25)14-6-7-17-8-18(21(27)24-16-4-2-3-5-16)20(26(17)11-14)19-12-28-13-22-19/h6-13,16H,2-5H2,1H3,(H,24,27). The molecular formula is C21H21N5O2. The third kappa shape index (κ3) is 2.89. The van der Waals surface area contributed by atoms with Gasteiger partial charge in [0.25, 0.3) is 5.91 Å². The Morgan fingerprint density at radius 2 is 2.07 bits per heavy atom. The highest BCUT2D eigenvalue weighted by atomic mass is 16.3. The molecule has 4 aromatic heterocycles. The molecule has 1 saturated carbocycles. The number of aryl methyl sites for hydroxylation is 1. The first-order chi connectivity index (χ1) is 13.7. The first-order valence-corrected chi connectivity index (χ1v) is 9.52. The topological polar surface area (TPSA) is 77.4 Å². The van der Waals surface area contributed by atoms with Crippen LogP contribution in [0, 0.1) is 0 Å². The highest BCUT2D eigenvalue weighted by Crippen LogP contribution is 2.30. The number of pyridine rings is 1. The highest BCUT2D eigenvalue weighted by Gasteiger charge is 2.24. The van der Waals surface area contributed by atoms with Crippen LogP contribution in [-0.4, -0.2) is 31.1 Å². The van der Waals surface area contributed by atoms with Crippen LogP contribution in [0.25, 0.3) is 28.0 Å². The van der Waals surface area contributed by atoms with Gasteiger partial charge in [-0.05, 0) is 25.0 Å². The maximum atomic E-state index is 13.0. The molecule has 4 aromatic rings. The second-order valence-electron chi connectivity index (χ2n) is 7.35. The first-order valence-electron chi connectivity index (χ1n) is 9.52. The van der Waals surface area contributed by atoms with E-state index in [2.05, 4.69) is 15.4 Å². The van der Waals surface area contributed by atoms with Crippen molar-refractivity contribution in [2.45, 2.75) is 31.7 Å². The zero-order valence-corrected chi connectivity index (χ0v) is 15.6. The molecule has 7 heteroatoms. The molecule has 1 aliphatic rings. The Hall–Kier alpha value is -3.35. The van der Waals surface area contributed by atoms with E-state index < -0.39 is 0 Å². The summed E-state index contributed by atoms with van der Waals surface area (Å²) < 4.78 is 8.98. The Bertz CT molecular complexity index is 1130. The van der Waals surface area contributed by atoms with E-state index in [4.69, 9.17) is 4.42 Å². The fourth-order valence-electron chi connectivity index (χ4n) is 4.01. The molecule has 1 fully saturated rings. The van der Waals surface area contributed by atoms with Gasteiger partial charge in [-0.2, -0.15) is 5.10 Å². The van der Waals surface area contributed by atoms with E-state index in [1.165, 1.54) is 19.2 Å². The van der Waals surface area contributed by atoms with Crippen molar-refractivity contribution in [1.29, 1.82) is 0 Å². The van der Waals surface area contributed by atoms with Gasteiger partial charge < -0.3 is 14.1 Å². The van der Waals surface area contributed by atoms with Crippen molar-refractivity contribution < 1.29 is 9.21 Å². The molecule has 1 N–H and O–H groups in total. The summed E-state index contributed by atoms with van der Waals surface area (Å²) in [4.78, 5) is 17.4. The lowest BCUT2D eigenvalue weighted by atomic mass is 10.1. The number of hydrogen-bond acceptors (Lipinski definition) is 4. The predicted octanol–water partition coefficient (Wildman–Crippen LogP) is 3.67. The average Bonchev–Trinajstić information content (AvgIpc) is 3.47. The molecule has 0 bridgehead atoms. The number of carbonyl (C=O) groups excluding carboxylic acids is 1. The van der Waals surface area contributed by atoms with Gasteiger partial charge in [-0.1, -0.05) is 18.9 Å². The van der Waals surface area contributed by atoms with Crippen molar-refractivity contribution in [3.05, 3.63) is 55.0 Å². The molecule has 0 atom stereocenters. The summed E-state index contributed by atoms with van der Waals surface area (Å²) in [6, 6.07) is 6.23. The Morgan fingerprint density at radius 1 is 1.21 bits per heavy atom. The largest absolute Gasteiger partial charge is 0.451 e. The van der Waals surface area contributed by atoms with Gasteiger partial charge in [-0.15, -0.1) is 0 Å². The van der Waals surface area contributed by atoms with Crippen molar-refractivity contribution in [2.24, 2.45) is 7.05 Å². The van der Waals surface area contributed by atoms with E-state index in [1.807, 2.05) is 48.2 Å².